The van der Waals surface area contributed by atoms with Crippen molar-refractivity contribution in [1.82, 2.24) is 0 Å². The van der Waals surface area contributed by atoms with Gasteiger partial charge < -0.3 is 10.4 Å². The first-order valence-corrected chi connectivity index (χ1v) is 7.16. The minimum absolute atomic E-state index is 0.220. The van der Waals surface area contributed by atoms with Crippen molar-refractivity contribution < 1.29 is 14.7 Å². The number of aliphatic carboxylic acids is 1. The molecule has 2 atom stereocenters. The summed E-state index contributed by atoms with van der Waals surface area (Å²) >= 11 is 5.92. The van der Waals surface area contributed by atoms with Crippen LogP contribution < -0.4 is 5.32 Å². The van der Waals surface area contributed by atoms with Crippen LogP contribution in [0.2, 0.25) is 5.02 Å². The Morgan fingerprint density at radius 3 is 2.55 bits per heavy atom. The van der Waals surface area contributed by atoms with Crippen LogP contribution >= 0.6 is 11.6 Å². The van der Waals surface area contributed by atoms with Crippen molar-refractivity contribution in [2.75, 3.05) is 5.32 Å². The summed E-state index contributed by atoms with van der Waals surface area (Å²) in [6.45, 7) is 1.88. The number of hydrogen-bond donors (Lipinski definition) is 2. The van der Waals surface area contributed by atoms with Gasteiger partial charge in [0, 0.05) is 10.7 Å². The molecule has 1 aliphatic rings. The molecule has 1 aromatic carbocycles. The summed E-state index contributed by atoms with van der Waals surface area (Å²) in [6, 6.07) is 5.27. The Bertz CT molecular complexity index is 530. The molecule has 1 aliphatic carbocycles. The SMILES string of the molecule is Cc1ccc(Cl)cc1NC(=O)[C@H]1CCCC[C@H]1C(=O)O. The van der Waals surface area contributed by atoms with Gasteiger partial charge in [0.25, 0.3) is 0 Å². The van der Waals surface area contributed by atoms with E-state index in [2.05, 4.69) is 5.32 Å². The Morgan fingerprint density at radius 2 is 1.90 bits per heavy atom. The van der Waals surface area contributed by atoms with Crippen molar-refractivity contribution in [3.05, 3.63) is 28.8 Å². The smallest absolute Gasteiger partial charge is 0.307 e. The fraction of sp³-hybridized carbons (Fsp3) is 0.467. The molecule has 5 heteroatoms. The predicted octanol–water partition coefficient (Wildman–Crippen LogP) is 3.48. The van der Waals surface area contributed by atoms with E-state index in [1.54, 1.807) is 12.1 Å². The Hall–Kier alpha value is -1.55. The third kappa shape index (κ3) is 3.31. The molecule has 1 fully saturated rings. The molecule has 0 aliphatic heterocycles. The highest BCUT2D eigenvalue weighted by Gasteiger charge is 2.35. The molecule has 4 nitrogen and oxygen atoms in total. The summed E-state index contributed by atoms with van der Waals surface area (Å²) < 4.78 is 0. The number of aryl methyl sites for hydroxylation is 1. The normalized spacial score (nSPS) is 22.3. The summed E-state index contributed by atoms with van der Waals surface area (Å²) in [5.74, 6) is -2.14. The minimum Gasteiger partial charge on any atom is -0.481 e. The van der Waals surface area contributed by atoms with Crippen LogP contribution in [0.15, 0.2) is 18.2 Å². The zero-order valence-electron chi connectivity index (χ0n) is 11.4. The first-order chi connectivity index (χ1) is 9.49. The monoisotopic (exact) mass is 295 g/mol. The zero-order valence-corrected chi connectivity index (χ0v) is 12.1. The van der Waals surface area contributed by atoms with Crippen molar-refractivity contribution >= 4 is 29.2 Å². The molecule has 20 heavy (non-hydrogen) atoms. The van der Waals surface area contributed by atoms with E-state index in [4.69, 9.17) is 11.6 Å². The van der Waals surface area contributed by atoms with Crippen molar-refractivity contribution in [3.8, 4) is 0 Å². The molecule has 0 saturated heterocycles. The maximum atomic E-state index is 12.3. The van der Waals surface area contributed by atoms with Gasteiger partial charge in [0.1, 0.15) is 0 Å². The molecule has 108 valence electrons. The molecule has 2 rings (SSSR count). The number of hydrogen-bond acceptors (Lipinski definition) is 2. The van der Waals surface area contributed by atoms with E-state index >= 15 is 0 Å². The van der Waals surface area contributed by atoms with Gasteiger partial charge in [0.15, 0.2) is 0 Å². The number of anilines is 1. The Kier molecular flexibility index (Phi) is 4.65. The summed E-state index contributed by atoms with van der Waals surface area (Å²) in [6.07, 6.45) is 2.97. The lowest BCUT2D eigenvalue weighted by molar-refractivity contribution is -0.147. The maximum absolute atomic E-state index is 12.3. The molecular formula is C15H18ClNO3. The third-order valence-corrected chi connectivity index (χ3v) is 4.11. The van der Waals surface area contributed by atoms with Crippen LogP contribution in [0.25, 0.3) is 0 Å². The highest BCUT2D eigenvalue weighted by molar-refractivity contribution is 6.31. The lowest BCUT2D eigenvalue weighted by Crippen LogP contribution is -2.36. The van der Waals surface area contributed by atoms with Crippen LogP contribution in [0.5, 0.6) is 0 Å². The summed E-state index contributed by atoms with van der Waals surface area (Å²) in [4.78, 5) is 23.6. The topological polar surface area (TPSA) is 66.4 Å². The van der Waals surface area contributed by atoms with Crippen molar-refractivity contribution in [2.24, 2.45) is 11.8 Å². The Balaban J connectivity index is 2.14. The number of benzene rings is 1. The highest BCUT2D eigenvalue weighted by atomic mass is 35.5. The number of nitrogens with one attached hydrogen (secondary N) is 1. The summed E-state index contributed by atoms with van der Waals surface area (Å²) in [7, 11) is 0. The number of rotatable bonds is 3. The highest BCUT2D eigenvalue weighted by Crippen LogP contribution is 2.32. The van der Waals surface area contributed by atoms with Crippen LogP contribution in [0.4, 0.5) is 5.69 Å². The summed E-state index contributed by atoms with van der Waals surface area (Å²) in [5.41, 5.74) is 1.56. The number of amides is 1. The molecule has 1 amide bonds. The van der Waals surface area contributed by atoms with Crippen LogP contribution in [0.1, 0.15) is 31.2 Å². The number of halogens is 1. The van der Waals surface area contributed by atoms with Gasteiger partial charge in [-0.2, -0.15) is 0 Å². The molecule has 0 radical (unpaired) electrons. The number of carboxylic acids is 1. The van der Waals surface area contributed by atoms with Gasteiger partial charge in [-0.15, -0.1) is 0 Å². The molecule has 0 bridgehead atoms. The quantitative estimate of drug-likeness (QED) is 0.897. The van der Waals surface area contributed by atoms with Gasteiger partial charge in [-0.05, 0) is 37.5 Å². The number of carboxylic acid groups (broad SMARTS) is 1. The van der Waals surface area contributed by atoms with Gasteiger partial charge in [0.05, 0.1) is 11.8 Å². The van der Waals surface area contributed by atoms with Crippen LogP contribution in [0, 0.1) is 18.8 Å². The lowest BCUT2D eigenvalue weighted by atomic mass is 9.78. The molecule has 1 aromatic rings. The van der Waals surface area contributed by atoms with Gasteiger partial charge >= 0.3 is 5.97 Å². The van der Waals surface area contributed by atoms with Crippen LogP contribution in [0.3, 0.4) is 0 Å². The first kappa shape index (κ1) is 14.9. The second kappa shape index (κ2) is 6.27. The maximum Gasteiger partial charge on any atom is 0.307 e. The van der Waals surface area contributed by atoms with E-state index in [0.717, 1.165) is 18.4 Å². The Labute approximate surface area is 123 Å². The second-order valence-corrected chi connectivity index (χ2v) is 5.72. The van der Waals surface area contributed by atoms with Crippen molar-refractivity contribution in [1.29, 1.82) is 0 Å². The minimum atomic E-state index is -0.882. The molecular weight excluding hydrogens is 278 g/mol. The van der Waals surface area contributed by atoms with E-state index in [1.165, 1.54) is 0 Å². The average molecular weight is 296 g/mol. The van der Waals surface area contributed by atoms with Crippen molar-refractivity contribution in [3.63, 3.8) is 0 Å². The standard InChI is InChI=1S/C15H18ClNO3/c1-9-6-7-10(16)8-13(9)17-14(18)11-4-2-3-5-12(11)15(19)20/h6-8,11-12H,2-5H2,1H3,(H,17,18)(H,19,20)/t11-,12+/m0/s1. The number of carbonyl (C=O) groups excluding carboxylic acids is 1. The fourth-order valence-corrected chi connectivity index (χ4v) is 2.87. The van der Waals surface area contributed by atoms with E-state index in [1.807, 2.05) is 13.0 Å². The van der Waals surface area contributed by atoms with Crippen LogP contribution in [-0.2, 0) is 9.59 Å². The van der Waals surface area contributed by atoms with Gasteiger partial charge in [-0.3, -0.25) is 9.59 Å². The molecule has 0 aromatic heterocycles. The molecule has 2 N–H and O–H groups in total. The second-order valence-electron chi connectivity index (χ2n) is 5.28. The van der Waals surface area contributed by atoms with Crippen LogP contribution in [-0.4, -0.2) is 17.0 Å². The molecule has 1 saturated carbocycles. The first-order valence-electron chi connectivity index (χ1n) is 6.79. The molecule has 0 unspecified atom stereocenters. The predicted molar refractivity (Wildman–Crippen MR) is 77.9 cm³/mol. The van der Waals surface area contributed by atoms with E-state index in [9.17, 15) is 14.7 Å². The summed E-state index contributed by atoms with van der Waals surface area (Å²) in [5, 5.41) is 12.6. The fourth-order valence-electron chi connectivity index (χ4n) is 2.69. The third-order valence-electron chi connectivity index (χ3n) is 3.88. The Morgan fingerprint density at radius 1 is 1.25 bits per heavy atom. The van der Waals surface area contributed by atoms with E-state index in [-0.39, 0.29) is 5.91 Å². The average Bonchev–Trinajstić information content (AvgIpc) is 2.42. The van der Waals surface area contributed by atoms with Gasteiger partial charge in [-0.25, -0.2) is 0 Å². The largest absolute Gasteiger partial charge is 0.481 e. The van der Waals surface area contributed by atoms with Gasteiger partial charge in [-0.1, -0.05) is 30.5 Å². The zero-order chi connectivity index (χ0) is 14.7. The van der Waals surface area contributed by atoms with Gasteiger partial charge in [0.2, 0.25) is 5.91 Å². The van der Waals surface area contributed by atoms with E-state index < -0.39 is 17.8 Å². The number of carbonyl (C=O) groups is 2. The lowest BCUT2D eigenvalue weighted by Gasteiger charge is -2.27. The molecule has 0 heterocycles. The van der Waals surface area contributed by atoms with E-state index in [0.29, 0.717) is 23.6 Å². The van der Waals surface area contributed by atoms with Crippen molar-refractivity contribution in [2.45, 2.75) is 32.6 Å². The molecule has 0 spiro atoms.